The Balaban J connectivity index is 3.31. The van der Waals surface area contributed by atoms with Crippen LogP contribution in [0.25, 0.3) is 0 Å². The van der Waals surface area contributed by atoms with Gasteiger partial charge in [0, 0.05) is 6.92 Å². The van der Waals surface area contributed by atoms with Gasteiger partial charge in [0.15, 0.2) is 6.10 Å². The maximum atomic E-state index is 11.6. The molecule has 3 nitrogen and oxygen atoms in total. The molecule has 25 heavy (non-hydrogen) atoms. The Labute approximate surface area is 153 Å². The maximum Gasteiger partial charge on any atom is 0.303 e. The lowest BCUT2D eigenvalue weighted by Crippen LogP contribution is -2.35. The van der Waals surface area contributed by atoms with Gasteiger partial charge in [-0.25, -0.2) is 0 Å². The van der Waals surface area contributed by atoms with Crippen LogP contribution in [0.15, 0.2) is 46.6 Å². The largest absolute Gasteiger partial charge is 0.455 e. The predicted octanol–water partition coefficient (Wildman–Crippen LogP) is 5.27. The number of aliphatic hydroxyl groups is 1. The molecule has 0 radical (unpaired) electrons. The second kappa shape index (κ2) is 10.4. The molecule has 1 N–H and O–H groups in total. The second-order valence-corrected chi connectivity index (χ2v) is 7.39. The monoisotopic (exact) mass is 346 g/mol. The highest BCUT2D eigenvalue weighted by Crippen LogP contribution is 2.25. The number of allylic oxidation sites excluding steroid dienone is 6. The maximum absolute atomic E-state index is 11.6. The van der Waals surface area contributed by atoms with E-state index in [9.17, 15) is 9.90 Å². The number of ether oxygens (including phenoxy) is 1. The van der Waals surface area contributed by atoms with Gasteiger partial charge >= 0.3 is 5.97 Å². The van der Waals surface area contributed by atoms with Gasteiger partial charge in [0.2, 0.25) is 0 Å². The van der Waals surface area contributed by atoms with Gasteiger partial charge in [-0.2, -0.15) is 0 Å². The molecule has 0 aromatic rings. The minimum atomic E-state index is -0.821. The van der Waals surface area contributed by atoms with Crippen LogP contribution in [-0.4, -0.2) is 23.3 Å². The molecule has 0 heterocycles. The SMILES string of the molecule is CC(=O)OC1C(C(C)C)=CC=C(C)CCC=C(C)CCC=C(C)C1O. The summed E-state index contributed by atoms with van der Waals surface area (Å²) in [6.45, 7) is 11.7. The van der Waals surface area contributed by atoms with E-state index in [1.807, 2.05) is 13.0 Å². The average Bonchev–Trinajstić information content (AvgIpc) is 2.51. The van der Waals surface area contributed by atoms with Gasteiger partial charge in [0.05, 0.1) is 0 Å². The molecule has 2 unspecified atom stereocenters. The van der Waals surface area contributed by atoms with Crippen LogP contribution in [0.1, 0.15) is 67.2 Å². The third-order valence-electron chi connectivity index (χ3n) is 4.64. The quantitative estimate of drug-likeness (QED) is 0.547. The normalized spacial score (nSPS) is 23.8. The van der Waals surface area contributed by atoms with Crippen molar-refractivity contribution in [1.29, 1.82) is 0 Å². The van der Waals surface area contributed by atoms with Crippen molar-refractivity contribution in [2.75, 3.05) is 0 Å². The molecule has 0 fully saturated rings. The number of rotatable bonds is 2. The zero-order chi connectivity index (χ0) is 19.0. The highest BCUT2D eigenvalue weighted by molar-refractivity contribution is 5.66. The molecular formula is C22H34O3. The van der Waals surface area contributed by atoms with E-state index in [2.05, 4.69) is 45.9 Å². The Morgan fingerprint density at radius 3 is 2.28 bits per heavy atom. The molecular weight excluding hydrogens is 312 g/mol. The Bertz CT molecular complexity index is 576. The number of carbonyl (C=O) groups is 1. The van der Waals surface area contributed by atoms with Gasteiger partial charge in [-0.3, -0.25) is 4.79 Å². The van der Waals surface area contributed by atoms with E-state index in [1.165, 1.54) is 18.1 Å². The molecule has 1 rings (SSSR count). The summed E-state index contributed by atoms with van der Waals surface area (Å²) >= 11 is 0. The lowest BCUT2D eigenvalue weighted by Gasteiger charge is -2.28. The summed E-state index contributed by atoms with van der Waals surface area (Å²) in [6.07, 6.45) is 10.9. The van der Waals surface area contributed by atoms with Gasteiger partial charge in [-0.1, -0.05) is 49.3 Å². The van der Waals surface area contributed by atoms with Crippen molar-refractivity contribution in [1.82, 2.24) is 0 Å². The molecule has 1 aliphatic rings. The molecule has 0 bridgehead atoms. The summed E-state index contributed by atoms with van der Waals surface area (Å²) in [6, 6.07) is 0. The van der Waals surface area contributed by atoms with Crippen LogP contribution in [0.4, 0.5) is 0 Å². The van der Waals surface area contributed by atoms with Gasteiger partial charge in [-0.15, -0.1) is 0 Å². The van der Waals surface area contributed by atoms with Crippen molar-refractivity contribution in [3.05, 3.63) is 46.6 Å². The zero-order valence-electron chi connectivity index (χ0n) is 16.6. The summed E-state index contributed by atoms with van der Waals surface area (Å²) in [5.41, 5.74) is 4.45. The number of carbonyl (C=O) groups excluding carboxylic acids is 1. The summed E-state index contributed by atoms with van der Waals surface area (Å²) in [7, 11) is 0. The van der Waals surface area contributed by atoms with Crippen molar-refractivity contribution in [3.63, 3.8) is 0 Å². The van der Waals surface area contributed by atoms with Crippen LogP contribution in [0, 0.1) is 5.92 Å². The van der Waals surface area contributed by atoms with Crippen molar-refractivity contribution in [2.45, 2.75) is 79.4 Å². The highest BCUT2D eigenvalue weighted by atomic mass is 16.6. The Hall–Kier alpha value is -1.61. The number of esters is 1. The fraction of sp³-hybridized carbons (Fsp3) is 0.591. The van der Waals surface area contributed by atoms with Crippen molar-refractivity contribution >= 4 is 5.97 Å². The fourth-order valence-corrected chi connectivity index (χ4v) is 2.97. The molecule has 0 amide bonds. The molecule has 3 heteroatoms. The molecule has 0 aliphatic heterocycles. The lowest BCUT2D eigenvalue weighted by atomic mass is 9.89. The molecule has 0 saturated heterocycles. The zero-order valence-corrected chi connectivity index (χ0v) is 16.6. The van der Waals surface area contributed by atoms with E-state index in [4.69, 9.17) is 4.74 Å². The van der Waals surface area contributed by atoms with Crippen LogP contribution in [-0.2, 0) is 9.53 Å². The first kappa shape index (κ1) is 21.4. The number of hydrogen-bond acceptors (Lipinski definition) is 3. The third-order valence-corrected chi connectivity index (χ3v) is 4.64. The topological polar surface area (TPSA) is 46.5 Å². The summed E-state index contributed by atoms with van der Waals surface area (Å²) in [4.78, 5) is 11.6. The third kappa shape index (κ3) is 7.43. The van der Waals surface area contributed by atoms with Gasteiger partial charge in [0.1, 0.15) is 6.10 Å². The summed E-state index contributed by atoms with van der Waals surface area (Å²) < 4.78 is 5.53. The second-order valence-electron chi connectivity index (χ2n) is 7.39. The molecule has 0 aromatic carbocycles. The van der Waals surface area contributed by atoms with Crippen LogP contribution < -0.4 is 0 Å². The lowest BCUT2D eigenvalue weighted by molar-refractivity contribution is -0.148. The van der Waals surface area contributed by atoms with Crippen LogP contribution in [0.2, 0.25) is 0 Å². The van der Waals surface area contributed by atoms with Gasteiger partial charge in [-0.05, 0) is 63.5 Å². The van der Waals surface area contributed by atoms with Crippen molar-refractivity contribution in [3.8, 4) is 0 Å². The van der Waals surface area contributed by atoms with Crippen LogP contribution in [0.3, 0.4) is 0 Å². The molecule has 1 aliphatic carbocycles. The molecule has 0 saturated carbocycles. The van der Waals surface area contributed by atoms with E-state index in [0.717, 1.165) is 36.8 Å². The minimum absolute atomic E-state index is 0.172. The summed E-state index contributed by atoms with van der Waals surface area (Å²) in [5, 5.41) is 10.8. The Morgan fingerprint density at radius 2 is 1.68 bits per heavy atom. The van der Waals surface area contributed by atoms with Gasteiger partial charge < -0.3 is 9.84 Å². The fourth-order valence-electron chi connectivity index (χ4n) is 2.97. The van der Waals surface area contributed by atoms with E-state index in [-0.39, 0.29) is 11.9 Å². The average molecular weight is 347 g/mol. The molecule has 0 spiro atoms. The first-order valence-electron chi connectivity index (χ1n) is 9.27. The summed E-state index contributed by atoms with van der Waals surface area (Å²) in [5.74, 6) is -0.199. The first-order chi connectivity index (χ1) is 11.7. The van der Waals surface area contributed by atoms with E-state index in [1.54, 1.807) is 0 Å². The van der Waals surface area contributed by atoms with E-state index >= 15 is 0 Å². The number of hydrogen-bond donors (Lipinski definition) is 1. The minimum Gasteiger partial charge on any atom is -0.455 e. The predicted molar refractivity (Wildman–Crippen MR) is 104 cm³/mol. The van der Waals surface area contributed by atoms with Crippen molar-refractivity contribution < 1.29 is 14.6 Å². The Morgan fingerprint density at radius 1 is 1.08 bits per heavy atom. The van der Waals surface area contributed by atoms with E-state index in [0.29, 0.717) is 0 Å². The molecule has 140 valence electrons. The van der Waals surface area contributed by atoms with Crippen molar-refractivity contribution in [2.24, 2.45) is 5.92 Å². The Kier molecular flexibility index (Phi) is 8.91. The van der Waals surface area contributed by atoms with Crippen LogP contribution in [0.5, 0.6) is 0 Å². The van der Waals surface area contributed by atoms with Gasteiger partial charge in [0.25, 0.3) is 0 Å². The standard InChI is InChI=1S/C22H34O3/c1-15(2)20-14-13-17(4)10-7-9-16(3)11-8-12-18(5)21(24)22(20)25-19(6)23/h9,12-15,21-22,24H,7-8,10-11H2,1-6H3. The van der Waals surface area contributed by atoms with E-state index < -0.39 is 12.2 Å². The highest BCUT2D eigenvalue weighted by Gasteiger charge is 2.28. The van der Waals surface area contributed by atoms with Crippen LogP contribution >= 0.6 is 0 Å². The first-order valence-corrected chi connectivity index (χ1v) is 9.27. The smallest absolute Gasteiger partial charge is 0.303 e. The molecule has 0 aromatic heterocycles. The molecule has 2 atom stereocenters. The number of aliphatic hydroxyl groups excluding tert-OH is 1.